The van der Waals surface area contributed by atoms with Crippen molar-refractivity contribution in [2.24, 2.45) is 0 Å². The van der Waals surface area contributed by atoms with Gasteiger partial charge in [0.2, 0.25) is 5.95 Å². The summed E-state index contributed by atoms with van der Waals surface area (Å²) in [5.41, 5.74) is 0.929. The van der Waals surface area contributed by atoms with Crippen LogP contribution in [0.3, 0.4) is 0 Å². The van der Waals surface area contributed by atoms with Gasteiger partial charge in [-0.3, -0.25) is 0 Å². The van der Waals surface area contributed by atoms with Gasteiger partial charge in [0.15, 0.2) is 0 Å². The van der Waals surface area contributed by atoms with Crippen molar-refractivity contribution in [3.8, 4) is 0 Å². The van der Waals surface area contributed by atoms with Crippen LogP contribution in [0.15, 0.2) is 6.07 Å². The van der Waals surface area contributed by atoms with E-state index in [4.69, 9.17) is 0 Å². The average Bonchev–Trinajstić information content (AvgIpc) is 2.12. The topological polar surface area (TPSA) is 53.1 Å². The number of aromatic nitrogens is 2. The molecular formula is C13H25N5. The lowest BCUT2D eigenvalue weighted by Gasteiger charge is -2.21. The summed E-state index contributed by atoms with van der Waals surface area (Å²) in [5.74, 6) is 1.55. The van der Waals surface area contributed by atoms with E-state index in [0.29, 0.717) is 5.95 Å². The maximum absolute atomic E-state index is 4.46. The van der Waals surface area contributed by atoms with Gasteiger partial charge in [-0.2, -0.15) is 4.98 Å². The second-order valence-electron chi connectivity index (χ2n) is 5.82. The van der Waals surface area contributed by atoms with Gasteiger partial charge in [-0.25, -0.2) is 4.98 Å². The van der Waals surface area contributed by atoms with Crippen molar-refractivity contribution >= 4 is 11.8 Å². The molecular weight excluding hydrogens is 226 g/mol. The first-order valence-corrected chi connectivity index (χ1v) is 6.29. The molecule has 0 fully saturated rings. The van der Waals surface area contributed by atoms with E-state index in [2.05, 4.69) is 60.4 Å². The summed E-state index contributed by atoms with van der Waals surface area (Å²) in [5, 5.41) is 6.60. The lowest BCUT2D eigenvalue weighted by atomic mass is 10.1. The van der Waals surface area contributed by atoms with Crippen molar-refractivity contribution < 1.29 is 0 Å². The Morgan fingerprint density at radius 3 is 2.44 bits per heavy atom. The third-order valence-electron chi connectivity index (χ3n) is 2.21. The summed E-state index contributed by atoms with van der Waals surface area (Å²) in [6.07, 6.45) is 0. The summed E-state index contributed by atoms with van der Waals surface area (Å²) in [6, 6.07) is 1.96. The van der Waals surface area contributed by atoms with Crippen molar-refractivity contribution in [1.29, 1.82) is 0 Å². The maximum Gasteiger partial charge on any atom is 0.225 e. The zero-order chi connectivity index (χ0) is 13.8. The molecule has 5 heteroatoms. The highest BCUT2D eigenvalue weighted by molar-refractivity contribution is 5.43. The highest BCUT2D eigenvalue weighted by atomic mass is 15.2. The smallest absolute Gasteiger partial charge is 0.225 e. The molecule has 1 aromatic heterocycles. The first-order chi connectivity index (χ1) is 8.26. The van der Waals surface area contributed by atoms with Crippen LogP contribution >= 0.6 is 0 Å². The van der Waals surface area contributed by atoms with Gasteiger partial charge in [0.05, 0.1) is 0 Å². The fourth-order valence-corrected chi connectivity index (χ4v) is 1.46. The minimum absolute atomic E-state index is 0.0330. The molecule has 2 N–H and O–H groups in total. The summed E-state index contributed by atoms with van der Waals surface area (Å²) in [6.45, 7) is 10.1. The molecule has 102 valence electrons. The van der Waals surface area contributed by atoms with Crippen LogP contribution in [-0.4, -0.2) is 47.6 Å². The molecule has 0 saturated heterocycles. The molecule has 0 aliphatic carbocycles. The first-order valence-electron chi connectivity index (χ1n) is 6.29. The predicted octanol–water partition coefficient (Wildman–Crippen LogP) is 1.97. The Balaban J connectivity index is 2.69. The number of likely N-dealkylation sites (N-methyl/N-ethyl adjacent to an activating group) is 1. The van der Waals surface area contributed by atoms with E-state index in [-0.39, 0.29) is 5.54 Å². The van der Waals surface area contributed by atoms with E-state index >= 15 is 0 Å². The van der Waals surface area contributed by atoms with Crippen LogP contribution < -0.4 is 10.6 Å². The Bertz CT molecular complexity index is 381. The van der Waals surface area contributed by atoms with E-state index < -0.39 is 0 Å². The molecule has 1 aromatic rings. The summed E-state index contributed by atoms with van der Waals surface area (Å²) in [7, 11) is 4.11. The molecule has 0 aliphatic heterocycles. The van der Waals surface area contributed by atoms with Crippen LogP contribution in [0.1, 0.15) is 26.5 Å². The van der Waals surface area contributed by atoms with Gasteiger partial charge in [-0.05, 0) is 41.8 Å². The van der Waals surface area contributed by atoms with Crippen LogP contribution in [0.2, 0.25) is 0 Å². The molecule has 0 saturated carbocycles. The van der Waals surface area contributed by atoms with E-state index in [1.54, 1.807) is 0 Å². The minimum atomic E-state index is -0.0330. The van der Waals surface area contributed by atoms with Crippen molar-refractivity contribution in [3.05, 3.63) is 11.8 Å². The minimum Gasteiger partial charge on any atom is -0.369 e. The Morgan fingerprint density at radius 1 is 1.22 bits per heavy atom. The second-order valence-corrected chi connectivity index (χ2v) is 5.82. The third kappa shape index (κ3) is 5.82. The second kappa shape index (κ2) is 6.00. The number of hydrogen-bond donors (Lipinski definition) is 2. The highest BCUT2D eigenvalue weighted by Crippen LogP contribution is 2.13. The normalized spacial score (nSPS) is 11.7. The fraction of sp³-hybridized carbons (Fsp3) is 0.692. The number of rotatable bonds is 5. The molecule has 1 heterocycles. The van der Waals surface area contributed by atoms with Crippen molar-refractivity contribution in [2.75, 3.05) is 37.8 Å². The van der Waals surface area contributed by atoms with Gasteiger partial charge < -0.3 is 15.5 Å². The zero-order valence-electron chi connectivity index (χ0n) is 12.3. The SMILES string of the molecule is Cc1cc(NCCN(C)C)nc(NC(C)(C)C)n1. The Kier molecular flexibility index (Phi) is 4.90. The van der Waals surface area contributed by atoms with E-state index in [0.717, 1.165) is 24.6 Å². The van der Waals surface area contributed by atoms with Gasteiger partial charge in [0.25, 0.3) is 0 Å². The molecule has 1 rings (SSSR count). The van der Waals surface area contributed by atoms with Crippen molar-refractivity contribution in [3.63, 3.8) is 0 Å². The van der Waals surface area contributed by atoms with Crippen molar-refractivity contribution in [2.45, 2.75) is 33.2 Å². The lowest BCUT2D eigenvalue weighted by molar-refractivity contribution is 0.425. The fourth-order valence-electron chi connectivity index (χ4n) is 1.46. The van der Waals surface area contributed by atoms with E-state index in [9.17, 15) is 0 Å². The Hall–Kier alpha value is -1.36. The molecule has 18 heavy (non-hydrogen) atoms. The third-order valence-corrected chi connectivity index (χ3v) is 2.21. The number of anilines is 2. The predicted molar refractivity (Wildman–Crippen MR) is 77.2 cm³/mol. The zero-order valence-corrected chi connectivity index (χ0v) is 12.3. The first kappa shape index (κ1) is 14.7. The molecule has 0 amide bonds. The number of nitrogens with zero attached hydrogens (tertiary/aromatic N) is 3. The summed E-state index contributed by atoms with van der Waals surface area (Å²) in [4.78, 5) is 11.0. The molecule has 0 atom stereocenters. The van der Waals surface area contributed by atoms with Crippen molar-refractivity contribution in [1.82, 2.24) is 14.9 Å². The van der Waals surface area contributed by atoms with Gasteiger partial charge in [0, 0.05) is 30.4 Å². The van der Waals surface area contributed by atoms with E-state index in [1.165, 1.54) is 0 Å². The quantitative estimate of drug-likeness (QED) is 0.838. The molecule has 0 unspecified atom stereocenters. The highest BCUT2D eigenvalue weighted by Gasteiger charge is 2.12. The molecule has 5 nitrogen and oxygen atoms in total. The van der Waals surface area contributed by atoms with Crippen LogP contribution in [0.25, 0.3) is 0 Å². The Labute approximate surface area is 110 Å². The number of aryl methyl sites for hydroxylation is 1. The molecule has 0 bridgehead atoms. The molecule has 0 spiro atoms. The van der Waals surface area contributed by atoms with Gasteiger partial charge in [-0.15, -0.1) is 0 Å². The molecule has 0 aliphatic rings. The molecule has 0 radical (unpaired) electrons. The van der Waals surface area contributed by atoms with Crippen LogP contribution in [-0.2, 0) is 0 Å². The summed E-state index contributed by atoms with van der Waals surface area (Å²) < 4.78 is 0. The van der Waals surface area contributed by atoms with E-state index in [1.807, 2.05) is 13.0 Å². The monoisotopic (exact) mass is 251 g/mol. The maximum atomic E-state index is 4.46. The largest absolute Gasteiger partial charge is 0.369 e. The summed E-state index contributed by atoms with van der Waals surface area (Å²) >= 11 is 0. The Morgan fingerprint density at radius 2 is 1.89 bits per heavy atom. The van der Waals surface area contributed by atoms with Gasteiger partial charge >= 0.3 is 0 Å². The lowest BCUT2D eigenvalue weighted by Crippen LogP contribution is -2.28. The standard InChI is InChI=1S/C13H25N5/c1-10-9-11(14-7-8-18(5)6)16-12(15-10)17-13(2,3)4/h9H,7-8H2,1-6H3,(H2,14,15,16,17). The van der Waals surface area contributed by atoms with Gasteiger partial charge in [-0.1, -0.05) is 0 Å². The average molecular weight is 251 g/mol. The van der Waals surface area contributed by atoms with Crippen LogP contribution in [0, 0.1) is 6.92 Å². The van der Waals surface area contributed by atoms with Crippen LogP contribution in [0.5, 0.6) is 0 Å². The number of hydrogen-bond acceptors (Lipinski definition) is 5. The van der Waals surface area contributed by atoms with Gasteiger partial charge in [0.1, 0.15) is 5.82 Å². The van der Waals surface area contributed by atoms with Crippen LogP contribution in [0.4, 0.5) is 11.8 Å². The number of nitrogens with one attached hydrogen (secondary N) is 2. The molecule has 0 aromatic carbocycles.